The predicted molar refractivity (Wildman–Crippen MR) is 254 cm³/mol. The lowest BCUT2D eigenvalue weighted by Gasteiger charge is -2.15. The maximum atomic E-state index is 12.0. The number of benzene rings is 5. The van der Waals surface area contributed by atoms with Gasteiger partial charge in [0.2, 0.25) is 11.7 Å². The number of nitrogens with one attached hydrogen (secondary N) is 2. The van der Waals surface area contributed by atoms with E-state index in [1.807, 2.05) is 115 Å². The molecule has 2 amide bonds. The van der Waals surface area contributed by atoms with Crippen LogP contribution in [0.4, 0.5) is 4.79 Å². The van der Waals surface area contributed by atoms with Gasteiger partial charge in [0.25, 0.3) is 5.24 Å². The molecular weight excluding hydrogens is 875 g/mol. The number of hydrogen-bond donors (Lipinski definition) is 3. The van der Waals surface area contributed by atoms with E-state index in [1.165, 1.54) is 0 Å². The number of imidazole rings is 2. The number of rotatable bonds is 18. The molecule has 1 fully saturated rings. The summed E-state index contributed by atoms with van der Waals surface area (Å²) in [6, 6.07) is 36.9. The van der Waals surface area contributed by atoms with Gasteiger partial charge in [-0.2, -0.15) is 5.21 Å². The van der Waals surface area contributed by atoms with Crippen LogP contribution in [0.25, 0.3) is 33.5 Å². The third-order valence-corrected chi connectivity index (χ3v) is 12.7. The number of carbonyl (C=O) groups excluding carboxylic acids is 2. The molecule has 15 nitrogen and oxygen atoms in total. The summed E-state index contributed by atoms with van der Waals surface area (Å²) < 4.78 is 16.6. The van der Waals surface area contributed by atoms with E-state index >= 15 is 0 Å². The Morgan fingerprint density at radius 3 is 2.38 bits per heavy atom. The number of nitrogens with zero attached hydrogens (tertiary/aromatic N) is 7. The number of fused-ring (bicyclic) bond motifs is 1. The normalized spacial score (nSPS) is 13.6. The van der Waals surface area contributed by atoms with Crippen LogP contribution in [-0.2, 0) is 49.1 Å². The van der Waals surface area contributed by atoms with Crippen LogP contribution >= 0.6 is 24.0 Å². The first-order chi connectivity index (χ1) is 32.1. The second kappa shape index (κ2) is 19.3. The quantitative estimate of drug-likeness (QED) is 0.0548. The number of H-pyrrole nitrogens is 1. The monoisotopic (exact) mass is 917 g/mol. The first-order valence-corrected chi connectivity index (χ1v) is 22.6. The van der Waals surface area contributed by atoms with E-state index in [2.05, 4.69) is 49.6 Å². The fourth-order valence-electron chi connectivity index (χ4n) is 8.00. The zero-order valence-electron chi connectivity index (χ0n) is 35.9. The topological polar surface area (TPSA) is 192 Å². The molecule has 0 spiro atoms. The number of aryl methyl sites for hydroxylation is 2. The number of ether oxygens (including phenoxy) is 2. The number of carbonyl (C=O) groups is 3. The lowest BCUT2D eigenvalue weighted by molar-refractivity contribution is -0.137. The Kier molecular flexibility index (Phi) is 12.8. The van der Waals surface area contributed by atoms with E-state index in [9.17, 15) is 19.5 Å². The third kappa shape index (κ3) is 9.62. The van der Waals surface area contributed by atoms with Gasteiger partial charge in [-0.15, -0.1) is 10.2 Å². The number of carboxylic acid groups (broad SMARTS) is 1. The van der Waals surface area contributed by atoms with Gasteiger partial charge in [0, 0.05) is 43.8 Å². The number of amides is 2. The zero-order valence-corrected chi connectivity index (χ0v) is 37.6. The average molecular weight is 918 g/mol. The van der Waals surface area contributed by atoms with Crippen LogP contribution in [0.5, 0.6) is 17.2 Å². The van der Waals surface area contributed by atoms with Crippen molar-refractivity contribution in [3.05, 3.63) is 155 Å². The zero-order chi connectivity index (χ0) is 45.7. The molecule has 17 heteroatoms. The van der Waals surface area contributed by atoms with Gasteiger partial charge in [0.05, 0.1) is 27.6 Å². The molecular formula is C49H43N9O6S2. The van der Waals surface area contributed by atoms with E-state index in [0.717, 1.165) is 68.6 Å². The van der Waals surface area contributed by atoms with Crippen LogP contribution < -0.4 is 14.8 Å². The molecule has 1 aliphatic rings. The van der Waals surface area contributed by atoms with Crippen LogP contribution in [0.1, 0.15) is 59.5 Å². The average Bonchev–Trinajstić information content (AvgIpc) is 4.12. The number of tetrazole rings is 1. The molecule has 1 unspecified atom stereocenters. The fraction of sp³-hybridized carbons (Fsp3) is 0.204. The van der Waals surface area contributed by atoms with Crippen molar-refractivity contribution in [3.63, 3.8) is 0 Å². The maximum absolute atomic E-state index is 12.0. The Hall–Kier alpha value is -7.50. The summed E-state index contributed by atoms with van der Waals surface area (Å²) in [5.41, 5.74) is 8.34. The minimum Gasteiger partial charge on any atom is -0.486 e. The van der Waals surface area contributed by atoms with Crippen molar-refractivity contribution >= 4 is 57.0 Å². The minimum atomic E-state index is -0.915. The van der Waals surface area contributed by atoms with Crippen molar-refractivity contribution in [2.75, 3.05) is 0 Å². The SMILES string of the molecule is CCCc1nc(C(=S)c2cccc(Oc3ccc4nc(COc5ccc(CC6SC(=O)NC6=O)cc5)n(C)c4c3)c2)c(CCC(=O)O)n1Cc1ccc(-c2ccccc2)c(-c2nn[nH]n2)c1. The highest BCUT2D eigenvalue weighted by atomic mass is 32.2. The summed E-state index contributed by atoms with van der Waals surface area (Å²) in [5, 5.41) is 26.4. The smallest absolute Gasteiger partial charge is 0.303 e. The number of imide groups is 1. The molecule has 1 atom stereocenters. The number of aromatic amines is 1. The second-order valence-corrected chi connectivity index (χ2v) is 17.3. The largest absolute Gasteiger partial charge is 0.486 e. The van der Waals surface area contributed by atoms with Gasteiger partial charge in [-0.3, -0.25) is 19.7 Å². The van der Waals surface area contributed by atoms with Crippen LogP contribution in [0.3, 0.4) is 0 Å². The van der Waals surface area contributed by atoms with Crippen molar-refractivity contribution in [3.8, 4) is 39.8 Å². The fourth-order valence-corrected chi connectivity index (χ4v) is 9.15. The van der Waals surface area contributed by atoms with Crippen LogP contribution in [0.15, 0.2) is 115 Å². The molecule has 1 saturated heterocycles. The Morgan fingerprint density at radius 2 is 1.64 bits per heavy atom. The maximum Gasteiger partial charge on any atom is 0.303 e. The van der Waals surface area contributed by atoms with Gasteiger partial charge in [-0.25, -0.2) is 9.97 Å². The van der Waals surface area contributed by atoms with Crippen LogP contribution in [0.2, 0.25) is 0 Å². The molecule has 3 aromatic heterocycles. The standard InChI is InChI=1S/C49H43N9O6S2/c1-3-8-42-51-45(39(21-22-44(59)60)58(42)27-30-15-19-36(31-9-5-4-6-10-31)37(23-30)47-53-55-56-54-47)46(65)32-11-7-12-34(25-32)64-35-18-20-38-40(26-35)57(2)43(50-38)28-63-33-16-13-29(14-17-33)24-41-48(61)52-49(62)66-41/h4-7,9-20,23,25-26,41H,3,8,21-22,24,27-28H2,1-2H3,(H,59,60)(H,52,61,62)(H,53,54,55,56). The lowest BCUT2D eigenvalue weighted by Crippen LogP contribution is -2.25. The van der Waals surface area contributed by atoms with E-state index in [0.29, 0.717) is 64.4 Å². The molecule has 0 bridgehead atoms. The summed E-state index contributed by atoms with van der Waals surface area (Å²) in [5.74, 6) is 2.63. The molecule has 0 aliphatic carbocycles. The van der Waals surface area contributed by atoms with Crippen LogP contribution in [-0.4, -0.2) is 72.1 Å². The lowest BCUT2D eigenvalue weighted by atomic mass is 9.97. The molecule has 4 heterocycles. The van der Waals surface area contributed by atoms with Gasteiger partial charge < -0.3 is 23.7 Å². The van der Waals surface area contributed by atoms with Gasteiger partial charge >= 0.3 is 5.97 Å². The summed E-state index contributed by atoms with van der Waals surface area (Å²) in [7, 11) is 1.92. The summed E-state index contributed by atoms with van der Waals surface area (Å²) in [4.78, 5) is 45.9. The first-order valence-electron chi connectivity index (χ1n) is 21.3. The van der Waals surface area contributed by atoms with Crippen molar-refractivity contribution in [2.24, 2.45) is 7.05 Å². The molecule has 3 N–H and O–H groups in total. The Labute approximate surface area is 388 Å². The van der Waals surface area contributed by atoms with Gasteiger partial charge in [-0.05, 0) is 88.3 Å². The number of thioether (sulfide) groups is 1. The molecule has 1 aliphatic heterocycles. The molecule has 9 rings (SSSR count). The summed E-state index contributed by atoms with van der Waals surface area (Å²) in [6.07, 6.45) is 2.07. The van der Waals surface area contributed by atoms with E-state index in [4.69, 9.17) is 31.7 Å². The van der Waals surface area contributed by atoms with Gasteiger partial charge in [0.1, 0.15) is 41.2 Å². The molecule has 0 radical (unpaired) electrons. The van der Waals surface area contributed by atoms with Crippen molar-refractivity contribution in [1.29, 1.82) is 0 Å². The highest BCUT2D eigenvalue weighted by molar-refractivity contribution is 8.15. The molecule has 66 heavy (non-hydrogen) atoms. The number of carboxylic acids is 1. The second-order valence-electron chi connectivity index (χ2n) is 15.8. The molecule has 5 aromatic carbocycles. The number of hydrogen-bond acceptors (Lipinski definition) is 12. The van der Waals surface area contributed by atoms with Gasteiger partial charge in [0.15, 0.2) is 0 Å². The number of aliphatic carboxylic acids is 1. The van der Waals surface area contributed by atoms with Crippen molar-refractivity contribution in [2.45, 2.75) is 57.4 Å². The van der Waals surface area contributed by atoms with E-state index < -0.39 is 11.2 Å². The Morgan fingerprint density at radius 1 is 0.848 bits per heavy atom. The van der Waals surface area contributed by atoms with Crippen LogP contribution in [0, 0.1) is 0 Å². The Balaban J connectivity index is 0.936. The van der Waals surface area contributed by atoms with E-state index in [-0.39, 0.29) is 30.6 Å². The molecule has 332 valence electrons. The highest BCUT2D eigenvalue weighted by Crippen LogP contribution is 2.33. The summed E-state index contributed by atoms with van der Waals surface area (Å²) >= 11 is 7.19. The molecule has 0 saturated carbocycles. The van der Waals surface area contributed by atoms with Gasteiger partial charge in [-0.1, -0.05) is 97.6 Å². The first kappa shape index (κ1) is 43.7. The third-order valence-electron chi connectivity index (χ3n) is 11.3. The van der Waals surface area contributed by atoms with Crippen molar-refractivity contribution in [1.82, 2.24) is 45.0 Å². The van der Waals surface area contributed by atoms with Crippen molar-refractivity contribution < 1.29 is 29.0 Å². The highest BCUT2D eigenvalue weighted by Gasteiger charge is 2.31. The predicted octanol–water partition coefficient (Wildman–Crippen LogP) is 8.67. The van der Waals surface area contributed by atoms with E-state index in [1.54, 1.807) is 0 Å². The number of thiocarbonyl (C=S) groups is 1. The Bertz CT molecular complexity index is 3100. The number of aromatic nitrogens is 8. The minimum absolute atomic E-state index is 0.0959. The summed E-state index contributed by atoms with van der Waals surface area (Å²) in [6.45, 7) is 2.73. The molecule has 8 aromatic rings.